The zero-order chi connectivity index (χ0) is 17.2. The molecule has 0 saturated heterocycles. The highest BCUT2D eigenvalue weighted by Gasteiger charge is 2.30. The third-order valence-electron chi connectivity index (χ3n) is 4.33. The molecule has 2 amide bonds. The molecule has 0 radical (unpaired) electrons. The molecular weight excluding hydrogens is 320 g/mol. The Morgan fingerprint density at radius 1 is 1.08 bits per heavy atom. The fourth-order valence-electron chi connectivity index (χ4n) is 3.12. The number of ether oxygens (including phenoxy) is 2. The molecule has 2 heterocycles. The van der Waals surface area contributed by atoms with Gasteiger partial charge in [-0.25, -0.2) is 0 Å². The first kappa shape index (κ1) is 15.5. The normalized spacial score (nSPS) is 18.6. The second-order valence-electron chi connectivity index (χ2n) is 6.09. The van der Waals surface area contributed by atoms with Crippen molar-refractivity contribution >= 4 is 23.2 Å². The van der Waals surface area contributed by atoms with Gasteiger partial charge in [-0.1, -0.05) is 18.2 Å². The lowest BCUT2D eigenvalue weighted by molar-refractivity contribution is -0.123. The second-order valence-corrected chi connectivity index (χ2v) is 6.09. The monoisotopic (exact) mass is 338 g/mol. The first-order valence-electron chi connectivity index (χ1n) is 8.30. The smallest absolute Gasteiger partial charge is 0.232 e. The molecule has 2 aromatic carbocycles. The molecule has 2 aliphatic heterocycles. The predicted octanol–water partition coefficient (Wildman–Crippen LogP) is 2.91. The molecule has 0 fully saturated rings. The summed E-state index contributed by atoms with van der Waals surface area (Å²) in [7, 11) is 0. The molecule has 0 saturated carbocycles. The summed E-state index contributed by atoms with van der Waals surface area (Å²) >= 11 is 0. The first-order valence-corrected chi connectivity index (χ1v) is 8.30. The minimum Gasteiger partial charge on any atom is -0.490 e. The van der Waals surface area contributed by atoms with Gasteiger partial charge in [0.1, 0.15) is 0 Å². The molecule has 1 atom stereocenters. The van der Waals surface area contributed by atoms with Crippen molar-refractivity contribution in [2.24, 2.45) is 0 Å². The Morgan fingerprint density at radius 2 is 1.88 bits per heavy atom. The van der Waals surface area contributed by atoms with E-state index in [9.17, 15) is 9.59 Å². The number of benzene rings is 2. The number of fused-ring (bicyclic) bond motifs is 2. The van der Waals surface area contributed by atoms with Crippen LogP contribution in [-0.4, -0.2) is 25.0 Å². The number of anilines is 2. The van der Waals surface area contributed by atoms with Crippen LogP contribution in [0.3, 0.4) is 0 Å². The number of para-hydroxylation sites is 1. The average Bonchev–Trinajstić information content (AvgIpc) is 2.85. The van der Waals surface area contributed by atoms with Gasteiger partial charge < -0.3 is 20.1 Å². The van der Waals surface area contributed by atoms with Gasteiger partial charge in [0.05, 0.1) is 19.1 Å². The van der Waals surface area contributed by atoms with E-state index in [0.29, 0.717) is 36.1 Å². The molecule has 0 aromatic heterocycles. The summed E-state index contributed by atoms with van der Waals surface area (Å²) in [5.41, 5.74) is 2.14. The maximum atomic E-state index is 12.7. The van der Waals surface area contributed by atoms with Crippen LogP contribution in [0.5, 0.6) is 11.5 Å². The van der Waals surface area contributed by atoms with Crippen molar-refractivity contribution in [1.29, 1.82) is 0 Å². The SMILES string of the molecule is O=C1CC(C(=O)Nc2ccc3c(c2)OCCCO3)c2ccccc2N1. The topological polar surface area (TPSA) is 76.7 Å². The van der Waals surface area contributed by atoms with E-state index in [0.717, 1.165) is 12.0 Å². The van der Waals surface area contributed by atoms with Crippen LogP contribution in [0.1, 0.15) is 24.3 Å². The van der Waals surface area contributed by atoms with E-state index in [1.165, 1.54) is 0 Å². The van der Waals surface area contributed by atoms with Crippen molar-refractivity contribution < 1.29 is 19.1 Å². The van der Waals surface area contributed by atoms with Crippen LogP contribution in [-0.2, 0) is 9.59 Å². The lowest BCUT2D eigenvalue weighted by atomic mass is 9.90. The zero-order valence-electron chi connectivity index (χ0n) is 13.6. The maximum Gasteiger partial charge on any atom is 0.232 e. The molecule has 2 aromatic rings. The summed E-state index contributed by atoms with van der Waals surface area (Å²) in [5, 5.41) is 5.69. The molecule has 0 spiro atoms. The lowest BCUT2D eigenvalue weighted by Crippen LogP contribution is -2.30. The highest BCUT2D eigenvalue weighted by molar-refractivity contribution is 6.05. The van der Waals surface area contributed by atoms with Gasteiger partial charge in [0.2, 0.25) is 11.8 Å². The van der Waals surface area contributed by atoms with Crippen LogP contribution >= 0.6 is 0 Å². The van der Waals surface area contributed by atoms with Gasteiger partial charge in [-0.2, -0.15) is 0 Å². The lowest BCUT2D eigenvalue weighted by Gasteiger charge is -2.24. The summed E-state index contributed by atoms with van der Waals surface area (Å²) < 4.78 is 11.2. The van der Waals surface area contributed by atoms with Crippen molar-refractivity contribution in [3.05, 3.63) is 48.0 Å². The standard InChI is InChI=1S/C19H18N2O4/c22-18-11-14(13-4-1-2-5-15(13)21-18)19(23)20-12-6-7-16-17(10-12)25-9-3-8-24-16/h1-2,4-7,10,14H,3,8-9,11H2,(H,20,23)(H,21,22). The van der Waals surface area contributed by atoms with Gasteiger partial charge in [0.15, 0.2) is 11.5 Å². The summed E-state index contributed by atoms with van der Waals surface area (Å²) in [6, 6.07) is 12.7. The molecule has 6 heteroatoms. The Kier molecular flexibility index (Phi) is 4.01. The quantitative estimate of drug-likeness (QED) is 0.883. The maximum absolute atomic E-state index is 12.7. The molecule has 6 nitrogen and oxygen atoms in total. The van der Waals surface area contributed by atoms with Gasteiger partial charge in [-0.3, -0.25) is 9.59 Å². The Morgan fingerprint density at radius 3 is 2.76 bits per heavy atom. The van der Waals surface area contributed by atoms with Crippen molar-refractivity contribution in [1.82, 2.24) is 0 Å². The van der Waals surface area contributed by atoms with E-state index >= 15 is 0 Å². The number of hydrogen-bond donors (Lipinski definition) is 2. The molecule has 0 aliphatic carbocycles. The van der Waals surface area contributed by atoms with Gasteiger partial charge in [0, 0.05) is 30.3 Å². The third kappa shape index (κ3) is 3.15. The number of amides is 2. The van der Waals surface area contributed by atoms with Gasteiger partial charge >= 0.3 is 0 Å². The molecule has 128 valence electrons. The molecule has 2 aliphatic rings. The Hall–Kier alpha value is -3.02. The summed E-state index contributed by atoms with van der Waals surface area (Å²) in [6.45, 7) is 1.20. The fourth-order valence-corrected chi connectivity index (χ4v) is 3.12. The van der Waals surface area contributed by atoms with Gasteiger partial charge in [0.25, 0.3) is 0 Å². The molecular formula is C19H18N2O4. The van der Waals surface area contributed by atoms with Crippen molar-refractivity contribution in [2.75, 3.05) is 23.8 Å². The molecule has 0 bridgehead atoms. The molecule has 4 rings (SSSR count). The van der Waals surface area contributed by atoms with E-state index in [-0.39, 0.29) is 18.2 Å². The number of hydrogen-bond acceptors (Lipinski definition) is 4. The van der Waals surface area contributed by atoms with Crippen LogP contribution in [0.4, 0.5) is 11.4 Å². The third-order valence-corrected chi connectivity index (χ3v) is 4.33. The number of carbonyl (C=O) groups is 2. The number of nitrogens with one attached hydrogen (secondary N) is 2. The summed E-state index contributed by atoms with van der Waals surface area (Å²) in [4.78, 5) is 24.6. The first-order chi connectivity index (χ1) is 12.2. The molecule has 1 unspecified atom stereocenters. The molecule has 25 heavy (non-hydrogen) atoms. The minimum absolute atomic E-state index is 0.132. The van der Waals surface area contributed by atoms with Crippen molar-refractivity contribution in [3.8, 4) is 11.5 Å². The molecule has 2 N–H and O–H groups in total. The van der Waals surface area contributed by atoms with Crippen LogP contribution in [0, 0.1) is 0 Å². The summed E-state index contributed by atoms with van der Waals surface area (Å²) in [5.74, 6) is 0.421. The predicted molar refractivity (Wildman–Crippen MR) is 93.1 cm³/mol. The van der Waals surface area contributed by atoms with Crippen LogP contribution in [0.25, 0.3) is 0 Å². The second kappa shape index (κ2) is 6.47. The van der Waals surface area contributed by atoms with Crippen LogP contribution < -0.4 is 20.1 Å². The number of rotatable bonds is 2. The van der Waals surface area contributed by atoms with Gasteiger partial charge in [-0.15, -0.1) is 0 Å². The van der Waals surface area contributed by atoms with E-state index in [1.807, 2.05) is 18.2 Å². The van der Waals surface area contributed by atoms with Crippen molar-refractivity contribution in [3.63, 3.8) is 0 Å². The minimum atomic E-state index is -0.513. The number of carbonyl (C=O) groups excluding carboxylic acids is 2. The van der Waals surface area contributed by atoms with E-state index < -0.39 is 5.92 Å². The van der Waals surface area contributed by atoms with E-state index in [1.54, 1.807) is 24.3 Å². The van der Waals surface area contributed by atoms with Crippen molar-refractivity contribution in [2.45, 2.75) is 18.8 Å². The van der Waals surface area contributed by atoms with Crippen LogP contribution in [0.2, 0.25) is 0 Å². The fraction of sp³-hybridized carbons (Fsp3) is 0.263. The zero-order valence-corrected chi connectivity index (χ0v) is 13.6. The Balaban J connectivity index is 1.56. The average molecular weight is 338 g/mol. The summed E-state index contributed by atoms with van der Waals surface area (Å²) in [6.07, 6.45) is 0.956. The Bertz CT molecular complexity index is 834. The Labute approximate surface area is 145 Å². The van der Waals surface area contributed by atoms with Gasteiger partial charge in [-0.05, 0) is 23.8 Å². The largest absolute Gasteiger partial charge is 0.490 e. The highest BCUT2D eigenvalue weighted by Crippen LogP contribution is 2.35. The van der Waals surface area contributed by atoms with E-state index in [4.69, 9.17) is 9.47 Å². The highest BCUT2D eigenvalue weighted by atomic mass is 16.5. The van der Waals surface area contributed by atoms with Crippen LogP contribution in [0.15, 0.2) is 42.5 Å². The van der Waals surface area contributed by atoms with E-state index in [2.05, 4.69) is 10.6 Å².